The van der Waals surface area contributed by atoms with Crippen LogP contribution in [-0.2, 0) is 4.74 Å². The minimum atomic E-state index is 0.771. The Hall–Kier alpha value is -0.160. The van der Waals surface area contributed by atoms with Crippen LogP contribution in [-0.4, -0.2) is 75.9 Å². The van der Waals surface area contributed by atoms with Gasteiger partial charge in [0.25, 0.3) is 0 Å². The molecule has 1 unspecified atom stereocenters. The summed E-state index contributed by atoms with van der Waals surface area (Å²) in [5, 5.41) is 3.39. The first-order valence-corrected chi connectivity index (χ1v) is 6.53. The Morgan fingerprint density at radius 2 is 1.88 bits per heavy atom. The SMILES string of the molecule is COCC1CCN(CCN2CCNCC2)C1. The predicted molar refractivity (Wildman–Crippen MR) is 65.7 cm³/mol. The molecule has 1 atom stereocenters. The highest BCUT2D eigenvalue weighted by atomic mass is 16.5. The molecular formula is C12H25N3O. The maximum absolute atomic E-state index is 5.22. The van der Waals surface area contributed by atoms with Crippen molar-refractivity contribution in [3.05, 3.63) is 0 Å². The Labute approximate surface area is 98.9 Å². The Bertz CT molecular complexity index is 195. The molecule has 2 saturated heterocycles. The van der Waals surface area contributed by atoms with E-state index in [2.05, 4.69) is 15.1 Å². The molecule has 0 radical (unpaired) electrons. The summed E-state index contributed by atoms with van der Waals surface area (Å²) in [5.41, 5.74) is 0. The van der Waals surface area contributed by atoms with E-state index in [0.29, 0.717) is 0 Å². The Balaban J connectivity index is 1.59. The van der Waals surface area contributed by atoms with Crippen molar-refractivity contribution < 1.29 is 4.74 Å². The van der Waals surface area contributed by atoms with Crippen molar-refractivity contribution in [1.29, 1.82) is 0 Å². The lowest BCUT2D eigenvalue weighted by Crippen LogP contribution is -2.46. The van der Waals surface area contributed by atoms with Gasteiger partial charge in [-0.05, 0) is 18.9 Å². The highest BCUT2D eigenvalue weighted by Gasteiger charge is 2.22. The summed E-state index contributed by atoms with van der Waals surface area (Å²) in [5.74, 6) is 0.771. The number of likely N-dealkylation sites (tertiary alicyclic amines) is 1. The van der Waals surface area contributed by atoms with Gasteiger partial charge in [0, 0.05) is 52.9 Å². The zero-order valence-electron chi connectivity index (χ0n) is 10.5. The first kappa shape index (κ1) is 12.3. The fraction of sp³-hybridized carbons (Fsp3) is 1.00. The van der Waals surface area contributed by atoms with Gasteiger partial charge in [-0.3, -0.25) is 4.90 Å². The molecule has 0 aromatic carbocycles. The second-order valence-corrected chi connectivity index (χ2v) is 5.00. The van der Waals surface area contributed by atoms with Gasteiger partial charge in [-0.1, -0.05) is 0 Å². The Morgan fingerprint density at radius 1 is 1.12 bits per heavy atom. The molecule has 16 heavy (non-hydrogen) atoms. The number of hydrogen-bond donors (Lipinski definition) is 1. The van der Waals surface area contributed by atoms with Crippen molar-refractivity contribution >= 4 is 0 Å². The predicted octanol–water partition coefficient (Wildman–Crippen LogP) is -0.140. The largest absolute Gasteiger partial charge is 0.384 e. The van der Waals surface area contributed by atoms with Crippen molar-refractivity contribution in [2.75, 3.05) is 66.1 Å². The molecule has 0 spiro atoms. The standard InChI is InChI=1S/C12H25N3O/c1-16-11-12-2-5-15(10-12)9-8-14-6-3-13-4-7-14/h12-13H,2-11H2,1H3. The highest BCUT2D eigenvalue weighted by molar-refractivity contribution is 4.77. The van der Waals surface area contributed by atoms with E-state index in [1.165, 1.54) is 45.7 Å². The van der Waals surface area contributed by atoms with E-state index in [4.69, 9.17) is 4.74 Å². The number of ether oxygens (including phenoxy) is 1. The number of hydrogen-bond acceptors (Lipinski definition) is 4. The number of nitrogens with one attached hydrogen (secondary N) is 1. The topological polar surface area (TPSA) is 27.7 Å². The van der Waals surface area contributed by atoms with E-state index in [0.717, 1.165) is 25.6 Å². The van der Waals surface area contributed by atoms with Gasteiger partial charge in [0.05, 0.1) is 6.61 Å². The van der Waals surface area contributed by atoms with Gasteiger partial charge in [0.1, 0.15) is 0 Å². The van der Waals surface area contributed by atoms with Crippen LogP contribution in [0.25, 0.3) is 0 Å². The molecule has 2 heterocycles. The van der Waals surface area contributed by atoms with Crippen LogP contribution >= 0.6 is 0 Å². The first-order chi connectivity index (χ1) is 7.88. The van der Waals surface area contributed by atoms with Crippen molar-refractivity contribution in [2.24, 2.45) is 5.92 Å². The quantitative estimate of drug-likeness (QED) is 0.707. The molecule has 4 heteroatoms. The molecule has 2 fully saturated rings. The minimum absolute atomic E-state index is 0.771. The molecule has 0 aromatic rings. The van der Waals surface area contributed by atoms with Gasteiger partial charge < -0.3 is 15.0 Å². The van der Waals surface area contributed by atoms with Gasteiger partial charge in [0.2, 0.25) is 0 Å². The van der Waals surface area contributed by atoms with E-state index < -0.39 is 0 Å². The highest BCUT2D eigenvalue weighted by Crippen LogP contribution is 2.15. The third-order valence-corrected chi connectivity index (χ3v) is 3.71. The van der Waals surface area contributed by atoms with Gasteiger partial charge in [-0.25, -0.2) is 0 Å². The van der Waals surface area contributed by atoms with E-state index in [9.17, 15) is 0 Å². The second-order valence-electron chi connectivity index (χ2n) is 5.00. The molecule has 2 aliphatic rings. The molecule has 0 aliphatic carbocycles. The molecule has 0 aromatic heterocycles. The summed E-state index contributed by atoms with van der Waals surface area (Å²) in [6.07, 6.45) is 1.31. The van der Waals surface area contributed by atoms with Gasteiger partial charge >= 0.3 is 0 Å². The van der Waals surface area contributed by atoms with Crippen molar-refractivity contribution in [1.82, 2.24) is 15.1 Å². The normalized spacial score (nSPS) is 28.7. The van der Waals surface area contributed by atoms with Gasteiger partial charge in [0.15, 0.2) is 0 Å². The number of piperazine rings is 1. The Kier molecular flexibility index (Phi) is 5.03. The summed E-state index contributed by atoms with van der Waals surface area (Å²) >= 11 is 0. The van der Waals surface area contributed by atoms with Crippen molar-refractivity contribution in [3.63, 3.8) is 0 Å². The van der Waals surface area contributed by atoms with E-state index in [1.807, 2.05) is 7.11 Å². The molecule has 4 nitrogen and oxygen atoms in total. The third kappa shape index (κ3) is 3.70. The summed E-state index contributed by atoms with van der Waals surface area (Å²) in [7, 11) is 1.81. The van der Waals surface area contributed by atoms with Crippen molar-refractivity contribution in [3.8, 4) is 0 Å². The lowest BCUT2D eigenvalue weighted by atomic mass is 10.1. The fourth-order valence-electron chi connectivity index (χ4n) is 2.71. The van der Waals surface area contributed by atoms with Crippen LogP contribution in [0.15, 0.2) is 0 Å². The molecule has 0 saturated carbocycles. The average molecular weight is 227 g/mol. The summed E-state index contributed by atoms with van der Waals surface area (Å²) < 4.78 is 5.22. The van der Waals surface area contributed by atoms with Gasteiger partial charge in [-0.15, -0.1) is 0 Å². The lowest BCUT2D eigenvalue weighted by Gasteiger charge is -2.29. The fourth-order valence-corrected chi connectivity index (χ4v) is 2.71. The smallest absolute Gasteiger partial charge is 0.0503 e. The monoisotopic (exact) mass is 227 g/mol. The van der Waals surface area contributed by atoms with Crippen LogP contribution in [0.4, 0.5) is 0 Å². The zero-order chi connectivity index (χ0) is 11.2. The van der Waals surface area contributed by atoms with E-state index >= 15 is 0 Å². The zero-order valence-corrected chi connectivity index (χ0v) is 10.5. The number of rotatable bonds is 5. The molecule has 0 amide bonds. The molecule has 2 aliphatic heterocycles. The summed E-state index contributed by atoms with van der Waals surface area (Å²) in [4.78, 5) is 5.16. The third-order valence-electron chi connectivity index (χ3n) is 3.71. The molecular weight excluding hydrogens is 202 g/mol. The molecule has 0 bridgehead atoms. The summed E-state index contributed by atoms with van der Waals surface area (Å²) in [6.45, 7) is 10.7. The maximum atomic E-state index is 5.22. The van der Waals surface area contributed by atoms with Crippen LogP contribution in [0, 0.1) is 5.92 Å². The van der Waals surface area contributed by atoms with E-state index in [-0.39, 0.29) is 0 Å². The molecule has 2 rings (SSSR count). The van der Waals surface area contributed by atoms with Crippen LogP contribution in [0.2, 0.25) is 0 Å². The average Bonchev–Trinajstić information content (AvgIpc) is 2.76. The van der Waals surface area contributed by atoms with E-state index in [1.54, 1.807) is 0 Å². The van der Waals surface area contributed by atoms with Crippen LogP contribution in [0.3, 0.4) is 0 Å². The first-order valence-electron chi connectivity index (χ1n) is 6.53. The maximum Gasteiger partial charge on any atom is 0.0503 e. The van der Waals surface area contributed by atoms with Crippen LogP contribution in [0.5, 0.6) is 0 Å². The molecule has 1 N–H and O–H groups in total. The van der Waals surface area contributed by atoms with Crippen LogP contribution < -0.4 is 5.32 Å². The van der Waals surface area contributed by atoms with Gasteiger partial charge in [-0.2, -0.15) is 0 Å². The van der Waals surface area contributed by atoms with Crippen LogP contribution in [0.1, 0.15) is 6.42 Å². The number of nitrogens with zero attached hydrogens (tertiary/aromatic N) is 2. The van der Waals surface area contributed by atoms with Crippen molar-refractivity contribution in [2.45, 2.75) is 6.42 Å². The minimum Gasteiger partial charge on any atom is -0.384 e. The second kappa shape index (κ2) is 6.55. The number of methoxy groups -OCH3 is 1. The summed E-state index contributed by atoms with van der Waals surface area (Å²) in [6, 6.07) is 0. The Morgan fingerprint density at radius 3 is 2.62 bits per heavy atom. The molecule has 94 valence electrons. The lowest BCUT2D eigenvalue weighted by molar-refractivity contribution is 0.149.